The van der Waals surface area contributed by atoms with Crippen LogP contribution in [0.1, 0.15) is 41.4 Å². The first-order valence-electron chi connectivity index (χ1n) is 16.5. The number of anilines is 3. The summed E-state index contributed by atoms with van der Waals surface area (Å²) in [5.74, 6) is 2.12. The van der Waals surface area contributed by atoms with Crippen molar-refractivity contribution in [1.82, 2.24) is 24.6 Å². The first-order chi connectivity index (χ1) is 23.7. The van der Waals surface area contributed by atoms with Gasteiger partial charge in [-0.1, -0.05) is 77.9 Å². The molecule has 254 valence electrons. The fourth-order valence-electron chi connectivity index (χ4n) is 5.87. The zero-order chi connectivity index (χ0) is 34.5. The number of urea groups is 2. The highest BCUT2D eigenvalue weighted by Crippen LogP contribution is 2.35. The van der Waals surface area contributed by atoms with Crippen molar-refractivity contribution < 1.29 is 14.3 Å². The molecule has 12 heteroatoms. The second-order valence-electron chi connectivity index (χ2n) is 12.5. The van der Waals surface area contributed by atoms with Crippen molar-refractivity contribution in [2.75, 3.05) is 43.1 Å². The normalized spacial score (nSPS) is 15.0. The standard InChI is InChI=1S/C37H41IN8O3/c1-5-8-30(38)32-22-35(46(43-32)25-13-11-24(2)12-14-25)42-36(47)40-31-15-16-33(29-10-7-6-9-28(29)31)49-27-17-19-39-34(21-27)41-37(48)45-20-18-26(23-45)44(3)4/h6-7,9-17,19,21-22,26,30H,5,8,18,20,23H2,1-4H3,(H,39,41,48)(H2,40,42,47)/t26-,30?/m1/s1. The maximum absolute atomic E-state index is 13.5. The summed E-state index contributed by atoms with van der Waals surface area (Å²) < 4.78 is 8.31. The Bertz CT molecular complexity index is 1940. The van der Waals surface area contributed by atoms with Crippen LogP contribution in [0.4, 0.5) is 26.9 Å². The number of aryl methyl sites for hydroxylation is 1. The summed E-state index contributed by atoms with van der Waals surface area (Å²) >= 11 is 2.41. The minimum atomic E-state index is -0.386. The topological polar surface area (TPSA) is 117 Å². The molecule has 4 amide bonds. The predicted molar refractivity (Wildman–Crippen MR) is 204 cm³/mol. The van der Waals surface area contributed by atoms with Crippen LogP contribution in [-0.4, -0.2) is 69.9 Å². The van der Waals surface area contributed by atoms with Crippen LogP contribution in [0.15, 0.2) is 85.1 Å². The number of nitrogens with one attached hydrogen (secondary N) is 3. The lowest BCUT2D eigenvalue weighted by molar-refractivity contribution is 0.216. The summed E-state index contributed by atoms with van der Waals surface area (Å²) in [5.41, 5.74) is 3.56. The van der Waals surface area contributed by atoms with Crippen molar-refractivity contribution in [1.29, 1.82) is 0 Å². The van der Waals surface area contributed by atoms with E-state index in [1.807, 2.05) is 87.7 Å². The Morgan fingerprint density at radius 3 is 2.51 bits per heavy atom. The number of fused-ring (bicyclic) bond motifs is 1. The van der Waals surface area contributed by atoms with Gasteiger partial charge in [0.2, 0.25) is 0 Å². The maximum Gasteiger partial charge on any atom is 0.324 e. The third-order valence-electron chi connectivity index (χ3n) is 8.62. The third kappa shape index (κ3) is 8.14. The minimum Gasteiger partial charge on any atom is -0.457 e. The van der Waals surface area contributed by atoms with Crippen molar-refractivity contribution in [2.45, 2.75) is 43.1 Å². The van der Waals surface area contributed by atoms with E-state index < -0.39 is 0 Å². The molecule has 0 radical (unpaired) electrons. The Morgan fingerprint density at radius 1 is 1.00 bits per heavy atom. The number of ether oxygens (including phenoxy) is 1. The fourth-order valence-corrected chi connectivity index (χ4v) is 6.80. The highest BCUT2D eigenvalue weighted by atomic mass is 127. The molecule has 0 spiro atoms. The molecule has 49 heavy (non-hydrogen) atoms. The highest BCUT2D eigenvalue weighted by Gasteiger charge is 2.27. The number of hydrogen-bond donors (Lipinski definition) is 3. The smallest absolute Gasteiger partial charge is 0.324 e. The van der Waals surface area contributed by atoms with Crippen molar-refractivity contribution >= 4 is 62.7 Å². The molecule has 1 saturated heterocycles. The number of hydrogen-bond acceptors (Lipinski definition) is 6. The lowest BCUT2D eigenvalue weighted by Crippen LogP contribution is -2.36. The molecular formula is C37H41IN8O3. The van der Waals surface area contributed by atoms with Crippen molar-refractivity contribution in [3.8, 4) is 17.2 Å². The molecule has 1 aliphatic heterocycles. The number of pyridine rings is 1. The van der Waals surface area contributed by atoms with E-state index in [0.717, 1.165) is 47.0 Å². The van der Waals surface area contributed by atoms with Gasteiger partial charge in [-0.25, -0.2) is 19.3 Å². The lowest BCUT2D eigenvalue weighted by Gasteiger charge is -2.20. The summed E-state index contributed by atoms with van der Waals surface area (Å²) in [4.78, 5) is 34.6. The summed E-state index contributed by atoms with van der Waals surface area (Å²) in [6.45, 7) is 5.57. The van der Waals surface area contributed by atoms with Gasteiger partial charge in [0, 0.05) is 48.2 Å². The third-order valence-corrected chi connectivity index (χ3v) is 9.88. The van der Waals surface area contributed by atoms with Crippen LogP contribution in [-0.2, 0) is 0 Å². The number of likely N-dealkylation sites (N-methyl/N-ethyl adjacent to an activating group) is 1. The molecule has 1 fully saturated rings. The molecule has 1 aliphatic rings. The van der Waals surface area contributed by atoms with E-state index >= 15 is 0 Å². The molecule has 3 aromatic carbocycles. The number of rotatable bonds is 10. The molecule has 0 bridgehead atoms. The van der Waals surface area contributed by atoms with Gasteiger partial charge in [-0.15, -0.1) is 0 Å². The largest absolute Gasteiger partial charge is 0.457 e. The summed E-state index contributed by atoms with van der Waals surface area (Å²) in [7, 11) is 4.06. The van der Waals surface area contributed by atoms with E-state index in [2.05, 4.69) is 55.3 Å². The first kappa shape index (κ1) is 34.2. The molecule has 11 nitrogen and oxygen atoms in total. The predicted octanol–water partition coefficient (Wildman–Crippen LogP) is 8.61. The zero-order valence-corrected chi connectivity index (χ0v) is 30.3. The number of aromatic nitrogens is 3. The number of benzene rings is 3. The Kier molecular flexibility index (Phi) is 10.6. The molecule has 2 atom stereocenters. The maximum atomic E-state index is 13.5. The van der Waals surface area contributed by atoms with Crippen LogP contribution in [0, 0.1) is 6.92 Å². The average Bonchev–Trinajstić information content (AvgIpc) is 3.75. The molecule has 3 N–H and O–H groups in total. The van der Waals surface area contributed by atoms with Gasteiger partial charge >= 0.3 is 12.1 Å². The first-order valence-corrected chi connectivity index (χ1v) is 17.7. The van der Waals surface area contributed by atoms with Gasteiger partial charge in [0.15, 0.2) is 0 Å². The van der Waals surface area contributed by atoms with Crippen molar-refractivity contribution in [3.63, 3.8) is 0 Å². The van der Waals surface area contributed by atoms with E-state index in [4.69, 9.17) is 9.84 Å². The van der Waals surface area contributed by atoms with Crippen LogP contribution in [0.25, 0.3) is 16.5 Å². The molecule has 6 rings (SSSR count). The monoisotopic (exact) mass is 772 g/mol. The van der Waals surface area contributed by atoms with Gasteiger partial charge in [0.05, 0.1) is 21.0 Å². The minimum absolute atomic E-state index is 0.179. The number of likely N-dealkylation sites (tertiary alicyclic amines) is 1. The van der Waals surface area contributed by atoms with E-state index in [-0.39, 0.29) is 16.0 Å². The molecule has 3 heterocycles. The van der Waals surface area contributed by atoms with Gasteiger partial charge in [0.1, 0.15) is 23.1 Å². The van der Waals surface area contributed by atoms with E-state index in [1.165, 1.54) is 0 Å². The van der Waals surface area contributed by atoms with Gasteiger partial charge in [-0.05, 0) is 64.2 Å². The molecular weight excluding hydrogens is 731 g/mol. The SMILES string of the molecule is CCCC(I)c1cc(NC(=O)Nc2ccc(Oc3ccnc(NC(=O)N4CC[C@@H](N(C)C)C4)c3)c3ccccc23)n(-c2ccc(C)cc2)n1. The van der Waals surface area contributed by atoms with Crippen LogP contribution in [0.2, 0.25) is 0 Å². The Hall–Kier alpha value is -4.69. The van der Waals surface area contributed by atoms with Crippen LogP contribution in [0.3, 0.4) is 0 Å². The number of carbonyl (C=O) groups is 2. The number of carbonyl (C=O) groups excluding carboxylic acids is 2. The molecule has 5 aromatic rings. The second-order valence-corrected chi connectivity index (χ2v) is 14.0. The van der Waals surface area contributed by atoms with Gasteiger partial charge < -0.3 is 19.9 Å². The van der Waals surface area contributed by atoms with Crippen molar-refractivity contribution in [3.05, 3.63) is 96.3 Å². The Balaban J connectivity index is 1.18. The second kappa shape index (κ2) is 15.2. The van der Waals surface area contributed by atoms with E-state index in [0.29, 0.717) is 48.0 Å². The Labute approximate surface area is 300 Å². The average molecular weight is 773 g/mol. The zero-order valence-electron chi connectivity index (χ0n) is 28.1. The summed E-state index contributed by atoms with van der Waals surface area (Å²) in [5, 5.41) is 15.4. The Morgan fingerprint density at radius 2 is 1.78 bits per heavy atom. The fraction of sp³-hybridized carbons (Fsp3) is 0.297. The quantitative estimate of drug-likeness (QED) is 0.0968. The van der Waals surface area contributed by atoms with Crippen LogP contribution >= 0.6 is 22.6 Å². The van der Waals surface area contributed by atoms with Gasteiger partial charge in [0.25, 0.3) is 0 Å². The number of alkyl halides is 1. The molecule has 0 saturated carbocycles. The van der Waals surface area contributed by atoms with Gasteiger partial charge in [-0.2, -0.15) is 5.10 Å². The molecule has 1 unspecified atom stereocenters. The van der Waals surface area contributed by atoms with Crippen molar-refractivity contribution in [2.24, 2.45) is 0 Å². The highest BCUT2D eigenvalue weighted by molar-refractivity contribution is 14.1. The number of halogens is 1. The number of nitrogens with zero attached hydrogens (tertiary/aromatic N) is 5. The summed E-state index contributed by atoms with van der Waals surface area (Å²) in [6.07, 6.45) is 4.57. The molecule has 2 aromatic heterocycles. The van der Waals surface area contributed by atoms with E-state index in [9.17, 15) is 9.59 Å². The van der Waals surface area contributed by atoms with E-state index in [1.54, 1.807) is 27.9 Å². The van der Waals surface area contributed by atoms with Crippen LogP contribution in [0.5, 0.6) is 11.5 Å². The van der Waals surface area contributed by atoms with Gasteiger partial charge in [-0.3, -0.25) is 10.6 Å². The lowest BCUT2D eigenvalue weighted by atomic mass is 10.1. The summed E-state index contributed by atoms with van der Waals surface area (Å²) in [6, 6.07) is 24.6. The molecule has 0 aliphatic carbocycles. The number of amides is 4. The van der Waals surface area contributed by atoms with Crippen LogP contribution < -0.4 is 20.7 Å².